The van der Waals surface area contributed by atoms with E-state index in [9.17, 15) is 0 Å². The molecule has 1 aromatic carbocycles. The van der Waals surface area contributed by atoms with Gasteiger partial charge in [-0.1, -0.05) is 25.1 Å². The molecule has 2 heterocycles. The summed E-state index contributed by atoms with van der Waals surface area (Å²) in [6.07, 6.45) is 4.44. The summed E-state index contributed by atoms with van der Waals surface area (Å²) in [5.41, 5.74) is 2.60. The predicted molar refractivity (Wildman–Crippen MR) is 80.4 cm³/mol. The van der Waals surface area contributed by atoms with Gasteiger partial charge in [-0.05, 0) is 36.9 Å². The number of para-hydroxylation sites is 1. The van der Waals surface area contributed by atoms with Crippen molar-refractivity contribution in [3.05, 3.63) is 36.5 Å². The van der Waals surface area contributed by atoms with Gasteiger partial charge in [-0.25, -0.2) is 0 Å². The lowest BCUT2D eigenvalue weighted by Crippen LogP contribution is -2.42. The van der Waals surface area contributed by atoms with Gasteiger partial charge in [-0.3, -0.25) is 4.98 Å². The van der Waals surface area contributed by atoms with E-state index >= 15 is 0 Å². The van der Waals surface area contributed by atoms with Crippen molar-refractivity contribution in [3.63, 3.8) is 0 Å². The molecule has 0 saturated carbocycles. The van der Waals surface area contributed by atoms with Crippen LogP contribution in [0.3, 0.4) is 0 Å². The predicted octanol–water partition coefficient (Wildman–Crippen LogP) is 3.04. The molecule has 0 bridgehead atoms. The summed E-state index contributed by atoms with van der Waals surface area (Å²) in [4.78, 5) is 4.40. The van der Waals surface area contributed by atoms with Gasteiger partial charge in [0.2, 0.25) is 0 Å². The Morgan fingerprint density at radius 1 is 1.32 bits per heavy atom. The summed E-state index contributed by atoms with van der Waals surface area (Å²) in [6, 6.07) is 10.4. The number of anilines is 1. The van der Waals surface area contributed by atoms with Crippen LogP contribution in [0.1, 0.15) is 19.8 Å². The van der Waals surface area contributed by atoms with Crippen LogP contribution < -0.4 is 10.6 Å². The van der Waals surface area contributed by atoms with E-state index in [-0.39, 0.29) is 0 Å². The van der Waals surface area contributed by atoms with Crippen molar-refractivity contribution in [2.45, 2.75) is 19.8 Å². The molecule has 1 aromatic heterocycles. The highest BCUT2D eigenvalue weighted by Gasteiger charge is 2.26. The average Bonchev–Trinajstić information content (AvgIpc) is 2.46. The van der Waals surface area contributed by atoms with Gasteiger partial charge in [0, 0.05) is 30.4 Å². The summed E-state index contributed by atoms with van der Waals surface area (Å²) in [5, 5.41) is 8.32. The molecular formula is C16H21N3. The third-order valence-electron chi connectivity index (χ3n) is 4.04. The Hall–Kier alpha value is -1.61. The van der Waals surface area contributed by atoms with Crippen LogP contribution in [-0.4, -0.2) is 24.6 Å². The van der Waals surface area contributed by atoms with Crippen LogP contribution in [0.4, 0.5) is 5.69 Å². The van der Waals surface area contributed by atoms with Gasteiger partial charge in [-0.2, -0.15) is 0 Å². The van der Waals surface area contributed by atoms with Gasteiger partial charge in [0.25, 0.3) is 0 Å². The second kappa shape index (κ2) is 5.17. The normalized spacial score (nSPS) is 23.4. The van der Waals surface area contributed by atoms with Crippen molar-refractivity contribution in [2.24, 2.45) is 5.41 Å². The van der Waals surface area contributed by atoms with Gasteiger partial charge < -0.3 is 10.6 Å². The highest BCUT2D eigenvalue weighted by Crippen LogP contribution is 2.27. The first-order valence-electron chi connectivity index (χ1n) is 7.05. The van der Waals surface area contributed by atoms with Gasteiger partial charge >= 0.3 is 0 Å². The van der Waals surface area contributed by atoms with Crippen molar-refractivity contribution >= 4 is 16.6 Å². The summed E-state index contributed by atoms with van der Waals surface area (Å²) in [6.45, 7) is 5.63. The standard InChI is InChI=1S/C16H21N3/c1-16(8-4-9-17-11-16)12-19-15-7-10-18-14-6-3-2-5-13(14)15/h2-3,5-7,10,17H,4,8-9,11-12H2,1H3,(H,18,19). The number of benzene rings is 1. The first kappa shape index (κ1) is 12.4. The van der Waals surface area contributed by atoms with E-state index in [2.05, 4.69) is 46.8 Å². The van der Waals surface area contributed by atoms with Gasteiger partial charge in [0.1, 0.15) is 0 Å². The molecule has 0 spiro atoms. The number of nitrogens with one attached hydrogen (secondary N) is 2. The molecule has 0 amide bonds. The smallest absolute Gasteiger partial charge is 0.0722 e. The molecule has 1 atom stereocenters. The molecule has 1 saturated heterocycles. The minimum absolute atomic E-state index is 0.350. The molecule has 100 valence electrons. The molecule has 2 aromatic rings. The second-order valence-electron chi connectivity index (χ2n) is 5.82. The maximum atomic E-state index is 4.40. The number of nitrogens with zero attached hydrogens (tertiary/aromatic N) is 1. The van der Waals surface area contributed by atoms with Crippen molar-refractivity contribution in [1.29, 1.82) is 0 Å². The molecule has 0 radical (unpaired) electrons. The minimum Gasteiger partial charge on any atom is -0.384 e. The van der Waals surface area contributed by atoms with Crippen molar-refractivity contribution < 1.29 is 0 Å². The molecule has 1 unspecified atom stereocenters. The van der Waals surface area contributed by atoms with Gasteiger partial charge in [0.15, 0.2) is 0 Å². The SMILES string of the molecule is CC1(CNc2ccnc3ccccc23)CCCNC1. The monoisotopic (exact) mass is 255 g/mol. The average molecular weight is 255 g/mol. The zero-order valence-electron chi connectivity index (χ0n) is 11.4. The maximum Gasteiger partial charge on any atom is 0.0722 e. The molecule has 3 rings (SSSR count). The Morgan fingerprint density at radius 3 is 3.05 bits per heavy atom. The van der Waals surface area contributed by atoms with E-state index in [4.69, 9.17) is 0 Å². The zero-order chi connectivity index (χ0) is 13.1. The number of rotatable bonds is 3. The number of hydrogen-bond acceptors (Lipinski definition) is 3. The van der Waals surface area contributed by atoms with Crippen LogP contribution in [-0.2, 0) is 0 Å². The fourth-order valence-corrected chi connectivity index (χ4v) is 2.83. The molecule has 1 fully saturated rings. The van der Waals surface area contributed by atoms with E-state index in [0.717, 1.165) is 25.2 Å². The number of hydrogen-bond donors (Lipinski definition) is 2. The first-order valence-corrected chi connectivity index (χ1v) is 7.05. The van der Waals surface area contributed by atoms with E-state index in [1.54, 1.807) is 0 Å². The number of piperidine rings is 1. The summed E-state index contributed by atoms with van der Waals surface area (Å²) < 4.78 is 0. The van der Waals surface area contributed by atoms with Gasteiger partial charge in [0.05, 0.1) is 5.52 Å². The minimum atomic E-state index is 0.350. The summed E-state index contributed by atoms with van der Waals surface area (Å²) >= 11 is 0. The number of pyridine rings is 1. The highest BCUT2D eigenvalue weighted by atomic mass is 14.9. The van der Waals surface area contributed by atoms with E-state index in [1.165, 1.54) is 23.9 Å². The fraction of sp³-hybridized carbons (Fsp3) is 0.438. The quantitative estimate of drug-likeness (QED) is 0.885. The van der Waals surface area contributed by atoms with E-state index < -0.39 is 0 Å². The van der Waals surface area contributed by atoms with Crippen LogP contribution >= 0.6 is 0 Å². The van der Waals surface area contributed by atoms with Crippen LogP contribution in [0, 0.1) is 5.41 Å². The lowest BCUT2D eigenvalue weighted by molar-refractivity contribution is 0.253. The second-order valence-corrected chi connectivity index (χ2v) is 5.82. The van der Waals surface area contributed by atoms with Gasteiger partial charge in [-0.15, -0.1) is 0 Å². The molecular weight excluding hydrogens is 234 g/mol. The van der Waals surface area contributed by atoms with Crippen LogP contribution in [0.25, 0.3) is 10.9 Å². The molecule has 19 heavy (non-hydrogen) atoms. The Labute approximate surface area is 114 Å². The Kier molecular flexibility index (Phi) is 3.38. The number of fused-ring (bicyclic) bond motifs is 1. The Balaban J connectivity index is 1.78. The Morgan fingerprint density at radius 2 is 2.21 bits per heavy atom. The lowest BCUT2D eigenvalue weighted by Gasteiger charge is -2.34. The molecule has 3 heteroatoms. The molecule has 3 nitrogen and oxygen atoms in total. The van der Waals surface area contributed by atoms with E-state index in [0.29, 0.717) is 5.41 Å². The molecule has 1 aliphatic heterocycles. The maximum absolute atomic E-state index is 4.40. The summed E-state index contributed by atoms with van der Waals surface area (Å²) in [5.74, 6) is 0. The topological polar surface area (TPSA) is 37.0 Å². The van der Waals surface area contributed by atoms with Crippen LogP contribution in [0.5, 0.6) is 0 Å². The summed E-state index contributed by atoms with van der Waals surface area (Å²) in [7, 11) is 0. The number of aromatic nitrogens is 1. The van der Waals surface area contributed by atoms with Crippen molar-refractivity contribution in [1.82, 2.24) is 10.3 Å². The van der Waals surface area contributed by atoms with E-state index in [1.807, 2.05) is 12.3 Å². The van der Waals surface area contributed by atoms with Crippen LogP contribution in [0.2, 0.25) is 0 Å². The third-order valence-corrected chi connectivity index (χ3v) is 4.04. The zero-order valence-corrected chi connectivity index (χ0v) is 11.4. The third kappa shape index (κ3) is 2.71. The lowest BCUT2D eigenvalue weighted by atomic mass is 9.83. The fourth-order valence-electron chi connectivity index (χ4n) is 2.83. The molecule has 0 aliphatic carbocycles. The molecule has 2 N–H and O–H groups in total. The van der Waals surface area contributed by atoms with Crippen molar-refractivity contribution in [3.8, 4) is 0 Å². The van der Waals surface area contributed by atoms with Crippen molar-refractivity contribution in [2.75, 3.05) is 25.0 Å². The first-order chi connectivity index (χ1) is 9.27. The molecule has 1 aliphatic rings. The Bertz CT molecular complexity index is 553. The van der Waals surface area contributed by atoms with Crippen LogP contribution in [0.15, 0.2) is 36.5 Å². The largest absolute Gasteiger partial charge is 0.384 e. The highest BCUT2D eigenvalue weighted by molar-refractivity contribution is 5.90.